The molecule has 0 unspecified atom stereocenters. The summed E-state index contributed by atoms with van der Waals surface area (Å²) in [6.07, 6.45) is 0.149. The van der Waals surface area contributed by atoms with Crippen LogP contribution in [0.3, 0.4) is 0 Å². The maximum Gasteiger partial charge on any atom is 0.290 e. The summed E-state index contributed by atoms with van der Waals surface area (Å²) >= 11 is 0. The predicted octanol–water partition coefficient (Wildman–Crippen LogP) is -1.66. The van der Waals surface area contributed by atoms with Gasteiger partial charge in [0.25, 0.3) is 12.4 Å². The molecule has 2 aliphatic heterocycles. The summed E-state index contributed by atoms with van der Waals surface area (Å²) in [5.41, 5.74) is 0.224. The number of rotatable bonds is 2. The Labute approximate surface area is 131 Å². The molecule has 1 aromatic rings. The van der Waals surface area contributed by atoms with Gasteiger partial charge < -0.3 is 29.6 Å². The highest BCUT2D eigenvalue weighted by atomic mass is 16.6. The molecule has 3 rings (SSSR count). The Bertz CT molecular complexity index is 630. The Morgan fingerprint density at radius 1 is 1.35 bits per heavy atom. The van der Waals surface area contributed by atoms with Gasteiger partial charge in [0.05, 0.1) is 24.8 Å². The van der Waals surface area contributed by atoms with Gasteiger partial charge >= 0.3 is 0 Å². The van der Waals surface area contributed by atoms with Crippen molar-refractivity contribution in [3.8, 4) is 0 Å². The lowest BCUT2D eigenvalue weighted by Crippen LogP contribution is -2.44. The van der Waals surface area contributed by atoms with Crippen LogP contribution >= 0.6 is 0 Å². The van der Waals surface area contributed by atoms with Crippen molar-refractivity contribution in [2.45, 2.75) is 24.4 Å². The van der Waals surface area contributed by atoms with Crippen molar-refractivity contribution in [1.29, 1.82) is 0 Å². The monoisotopic (exact) mass is 326 g/mol. The second-order valence-electron chi connectivity index (χ2n) is 5.22. The Hall–Kier alpha value is -2.23. The quantitative estimate of drug-likeness (QED) is 0.555. The highest BCUT2D eigenvalue weighted by Crippen LogP contribution is 2.27. The van der Waals surface area contributed by atoms with Crippen LogP contribution in [0.5, 0.6) is 0 Å². The van der Waals surface area contributed by atoms with E-state index in [1.54, 1.807) is 7.05 Å². The molecular formula is C14H18N2O7. The first-order valence-corrected chi connectivity index (χ1v) is 6.94. The minimum atomic E-state index is -0.639. The van der Waals surface area contributed by atoms with Crippen LogP contribution in [0.1, 0.15) is 10.4 Å². The molecule has 2 saturated heterocycles. The molecule has 3 N–H and O–H groups in total. The molecule has 0 saturated carbocycles. The van der Waals surface area contributed by atoms with Crippen molar-refractivity contribution in [2.75, 3.05) is 13.2 Å². The summed E-state index contributed by atoms with van der Waals surface area (Å²) in [7, 11) is 1.59. The van der Waals surface area contributed by atoms with Gasteiger partial charge in [0.2, 0.25) is 5.56 Å². The number of nitrogens with zero attached hydrogens (tertiary/aromatic N) is 1. The third-order valence-corrected chi connectivity index (χ3v) is 3.69. The van der Waals surface area contributed by atoms with Crippen molar-refractivity contribution in [3.05, 3.63) is 34.2 Å². The van der Waals surface area contributed by atoms with E-state index in [0.29, 0.717) is 12.2 Å². The number of fused-ring (bicyclic) bond motifs is 1. The molecule has 0 bridgehead atoms. The SMILES string of the molecule is Cn1cc(C(=O)N[C@H]2CO[C@H]3[C@@H]2OC[C@@H]3O)ccc1=O.O=CO. The van der Waals surface area contributed by atoms with Gasteiger partial charge in [-0.3, -0.25) is 14.4 Å². The van der Waals surface area contributed by atoms with Gasteiger partial charge in [-0.1, -0.05) is 0 Å². The fourth-order valence-electron chi connectivity index (χ4n) is 2.58. The Morgan fingerprint density at radius 2 is 2.00 bits per heavy atom. The summed E-state index contributed by atoms with van der Waals surface area (Å²) in [6.45, 7) is 0.283. The number of amides is 1. The number of aromatic nitrogens is 1. The molecule has 1 amide bonds. The van der Waals surface area contributed by atoms with Crippen LogP contribution in [0, 0.1) is 0 Å². The van der Waals surface area contributed by atoms with E-state index in [4.69, 9.17) is 19.4 Å². The van der Waals surface area contributed by atoms with Gasteiger partial charge in [0, 0.05) is 19.3 Å². The van der Waals surface area contributed by atoms with Crippen LogP contribution in [0.25, 0.3) is 0 Å². The zero-order chi connectivity index (χ0) is 17.0. The molecule has 9 heteroatoms. The highest BCUT2D eigenvalue weighted by Gasteiger charge is 2.47. The second kappa shape index (κ2) is 7.36. The molecule has 2 fully saturated rings. The average molecular weight is 326 g/mol. The Balaban J connectivity index is 0.000000595. The van der Waals surface area contributed by atoms with Crippen molar-refractivity contribution >= 4 is 12.4 Å². The molecule has 2 aliphatic rings. The maximum absolute atomic E-state index is 12.1. The summed E-state index contributed by atoms with van der Waals surface area (Å²) < 4.78 is 12.2. The first-order valence-electron chi connectivity index (χ1n) is 6.94. The van der Waals surface area contributed by atoms with Crippen LogP contribution in [-0.4, -0.2) is 64.7 Å². The molecule has 3 heterocycles. The van der Waals surface area contributed by atoms with Crippen molar-refractivity contribution < 1.29 is 29.3 Å². The number of pyridine rings is 1. The fourth-order valence-corrected chi connectivity index (χ4v) is 2.58. The minimum absolute atomic E-state index is 0.173. The molecule has 0 spiro atoms. The lowest BCUT2D eigenvalue weighted by Gasteiger charge is -2.17. The van der Waals surface area contributed by atoms with Crippen molar-refractivity contribution in [2.24, 2.45) is 7.05 Å². The van der Waals surface area contributed by atoms with E-state index >= 15 is 0 Å². The number of aryl methyl sites for hydroxylation is 1. The normalized spacial score (nSPS) is 28.4. The molecule has 9 nitrogen and oxygen atoms in total. The lowest BCUT2D eigenvalue weighted by molar-refractivity contribution is -0.122. The van der Waals surface area contributed by atoms with Gasteiger partial charge in [-0.05, 0) is 6.07 Å². The first kappa shape index (κ1) is 17.1. The van der Waals surface area contributed by atoms with Crippen LogP contribution in [0.4, 0.5) is 0 Å². The van der Waals surface area contributed by atoms with E-state index < -0.39 is 6.10 Å². The average Bonchev–Trinajstić information content (AvgIpc) is 3.07. The number of hydrogen-bond donors (Lipinski definition) is 3. The number of aliphatic hydroxyl groups excluding tert-OH is 1. The third kappa shape index (κ3) is 3.76. The van der Waals surface area contributed by atoms with E-state index in [1.807, 2.05) is 0 Å². The van der Waals surface area contributed by atoms with E-state index in [9.17, 15) is 14.7 Å². The highest BCUT2D eigenvalue weighted by molar-refractivity contribution is 5.94. The zero-order valence-corrected chi connectivity index (χ0v) is 12.4. The first-order chi connectivity index (χ1) is 11.0. The van der Waals surface area contributed by atoms with Crippen molar-refractivity contribution in [1.82, 2.24) is 9.88 Å². The summed E-state index contributed by atoms with van der Waals surface area (Å²) in [5.74, 6) is -0.292. The molecule has 4 atom stereocenters. The molecule has 23 heavy (non-hydrogen) atoms. The van der Waals surface area contributed by atoms with Gasteiger partial charge in [-0.15, -0.1) is 0 Å². The molecule has 0 aliphatic carbocycles. The number of ether oxygens (including phenoxy) is 2. The molecular weight excluding hydrogens is 308 g/mol. The molecule has 126 valence electrons. The van der Waals surface area contributed by atoms with Gasteiger partial charge in [0.15, 0.2) is 0 Å². The van der Waals surface area contributed by atoms with Crippen LogP contribution < -0.4 is 10.9 Å². The largest absolute Gasteiger partial charge is 0.483 e. The summed E-state index contributed by atoms with van der Waals surface area (Å²) in [5, 5.41) is 19.3. The number of carboxylic acid groups (broad SMARTS) is 1. The minimum Gasteiger partial charge on any atom is -0.483 e. The summed E-state index contributed by atoms with van der Waals surface area (Å²) in [4.78, 5) is 31.8. The number of aliphatic hydroxyl groups is 1. The van der Waals surface area contributed by atoms with Crippen LogP contribution in [-0.2, 0) is 21.3 Å². The Morgan fingerprint density at radius 3 is 2.65 bits per heavy atom. The van der Waals surface area contributed by atoms with E-state index in [2.05, 4.69) is 5.32 Å². The van der Waals surface area contributed by atoms with Gasteiger partial charge in [-0.2, -0.15) is 0 Å². The zero-order valence-electron chi connectivity index (χ0n) is 12.4. The maximum atomic E-state index is 12.1. The van der Waals surface area contributed by atoms with Gasteiger partial charge in [0.1, 0.15) is 18.3 Å². The Kier molecular flexibility index (Phi) is 5.48. The number of hydrogen-bond acceptors (Lipinski definition) is 6. The number of carbonyl (C=O) groups excluding carboxylic acids is 1. The number of nitrogens with one attached hydrogen (secondary N) is 1. The standard InChI is InChI=1S/C13H16N2O5.CH2O2/c1-15-4-7(2-3-10(15)17)13(18)14-8-5-19-12-9(16)6-20-11(8)12;2-1-3/h2-4,8-9,11-12,16H,5-6H2,1H3,(H,14,18);1H,(H,2,3)/t8-,9-,11+,12+;/m0./s1. The topological polar surface area (TPSA) is 127 Å². The smallest absolute Gasteiger partial charge is 0.290 e. The molecule has 0 radical (unpaired) electrons. The fraction of sp³-hybridized carbons (Fsp3) is 0.500. The third-order valence-electron chi connectivity index (χ3n) is 3.69. The van der Waals surface area contributed by atoms with E-state index in [1.165, 1.54) is 22.9 Å². The van der Waals surface area contributed by atoms with Gasteiger partial charge in [-0.25, -0.2) is 0 Å². The molecule has 0 aromatic carbocycles. The van der Waals surface area contributed by atoms with E-state index in [-0.39, 0.29) is 42.8 Å². The predicted molar refractivity (Wildman–Crippen MR) is 77.1 cm³/mol. The summed E-state index contributed by atoms with van der Waals surface area (Å²) in [6, 6.07) is 2.54. The second-order valence-corrected chi connectivity index (χ2v) is 5.22. The van der Waals surface area contributed by atoms with Crippen LogP contribution in [0.2, 0.25) is 0 Å². The van der Waals surface area contributed by atoms with E-state index in [0.717, 1.165) is 0 Å². The van der Waals surface area contributed by atoms with Crippen molar-refractivity contribution in [3.63, 3.8) is 0 Å². The lowest BCUT2D eigenvalue weighted by atomic mass is 10.1. The number of carbonyl (C=O) groups is 2. The molecule has 1 aromatic heterocycles. The van der Waals surface area contributed by atoms with Crippen LogP contribution in [0.15, 0.2) is 23.1 Å².